The van der Waals surface area contributed by atoms with Crippen LogP contribution in [0.4, 0.5) is 0 Å². The molecule has 0 fully saturated rings. The lowest BCUT2D eigenvalue weighted by atomic mass is 9.92. The number of benzene rings is 1. The molecular weight excluding hydrogens is 334 g/mol. The van der Waals surface area contributed by atoms with Crippen LogP contribution in [0.3, 0.4) is 0 Å². The lowest BCUT2D eigenvalue weighted by molar-refractivity contribution is -0.919. The summed E-state index contributed by atoms with van der Waals surface area (Å²) in [5, 5.41) is 0. The average Bonchev–Trinajstić information content (AvgIpc) is 2.40. The van der Waals surface area contributed by atoms with Gasteiger partial charge in [-0.15, -0.1) is 0 Å². The maximum atomic E-state index is 6.20. The quantitative estimate of drug-likeness (QED) is 0.487. The maximum absolute atomic E-state index is 6.20. The van der Waals surface area contributed by atoms with Gasteiger partial charge in [0.2, 0.25) is 6.29 Å². The van der Waals surface area contributed by atoms with Gasteiger partial charge in [-0.1, -0.05) is 39.8 Å². The summed E-state index contributed by atoms with van der Waals surface area (Å²) in [6.07, 6.45) is 1.93. The van der Waals surface area contributed by atoms with Crippen molar-refractivity contribution in [3.63, 3.8) is 0 Å². The van der Waals surface area contributed by atoms with Crippen LogP contribution in [0.15, 0.2) is 18.2 Å². The molecule has 1 aromatic rings. The minimum Gasteiger partial charge on any atom is -1.00 e. The molecule has 2 unspecified atom stereocenters. The molecule has 0 N–H and O–H groups in total. The number of quaternary nitrogens is 1. The fraction of sp³-hybridized carbons (Fsp3) is 0.714. The van der Waals surface area contributed by atoms with Gasteiger partial charge < -0.3 is 21.6 Å². The molecule has 0 saturated carbocycles. The van der Waals surface area contributed by atoms with Gasteiger partial charge in [-0.05, 0) is 48.8 Å². The molecular formula is C21H38ClNO2. The summed E-state index contributed by atoms with van der Waals surface area (Å²) in [5.41, 5.74) is 2.75. The highest BCUT2D eigenvalue weighted by atomic mass is 35.5. The van der Waals surface area contributed by atoms with Gasteiger partial charge in [0.15, 0.2) is 6.23 Å². The molecule has 25 heavy (non-hydrogen) atoms. The third-order valence-corrected chi connectivity index (χ3v) is 4.24. The Labute approximate surface area is 161 Å². The fourth-order valence-corrected chi connectivity index (χ4v) is 2.66. The van der Waals surface area contributed by atoms with Crippen LogP contribution in [0.25, 0.3) is 0 Å². The molecule has 1 aromatic carbocycles. The minimum absolute atomic E-state index is 0. The molecule has 2 atom stereocenters. The first-order valence-electron chi connectivity index (χ1n) is 9.24. The Morgan fingerprint density at radius 3 is 1.92 bits per heavy atom. The van der Waals surface area contributed by atoms with Gasteiger partial charge in [-0.2, -0.15) is 0 Å². The standard InChI is InChI=1S/C21H38NO2.ClH/c1-15(2)13-19-11-10-12-21(20(19)14-16(3)4)24-18(6)23-17(5)22(7,8)9;/h10-12,15-18H,13-14H2,1-9H3;1H/q+1;/p-1. The summed E-state index contributed by atoms with van der Waals surface area (Å²) >= 11 is 0. The molecule has 4 heteroatoms. The Morgan fingerprint density at radius 2 is 1.44 bits per heavy atom. The predicted molar refractivity (Wildman–Crippen MR) is 102 cm³/mol. The van der Waals surface area contributed by atoms with Gasteiger partial charge in [0, 0.05) is 6.92 Å². The largest absolute Gasteiger partial charge is 1.00 e. The van der Waals surface area contributed by atoms with Crippen molar-refractivity contribution in [2.24, 2.45) is 11.8 Å². The van der Waals surface area contributed by atoms with Crippen LogP contribution in [0.1, 0.15) is 52.7 Å². The van der Waals surface area contributed by atoms with E-state index in [1.54, 1.807) is 0 Å². The van der Waals surface area contributed by atoms with Gasteiger partial charge in [0.05, 0.1) is 21.1 Å². The first-order valence-corrected chi connectivity index (χ1v) is 9.24. The molecule has 0 radical (unpaired) electrons. The van der Waals surface area contributed by atoms with E-state index in [4.69, 9.17) is 9.47 Å². The van der Waals surface area contributed by atoms with E-state index in [9.17, 15) is 0 Å². The molecule has 0 saturated heterocycles. The van der Waals surface area contributed by atoms with Crippen LogP contribution in [0.5, 0.6) is 5.75 Å². The van der Waals surface area contributed by atoms with E-state index in [-0.39, 0.29) is 24.9 Å². The van der Waals surface area contributed by atoms with Gasteiger partial charge in [0.1, 0.15) is 5.75 Å². The van der Waals surface area contributed by atoms with Crippen LogP contribution in [0.2, 0.25) is 0 Å². The van der Waals surface area contributed by atoms with Crippen molar-refractivity contribution < 1.29 is 26.4 Å². The van der Waals surface area contributed by atoms with E-state index in [1.165, 1.54) is 11.1 Å². The molecule has 0 aliphatic rings. The molecule has 0 aliphatic heterocycles. The number of hydrogen-bond donors (Lipinski definition) is 0. The molecule has 0 aromatic heterocycles. The van der Waals surface area contributed by atoms with Crippen LogP contribution in [0, 0.1) is 11.8 Å². The monoisotopic (exact) mass is 371 g/mol. The summed E-state index contributed by atoms with van der Waals surface area (Å²) in [7, 11) is 6.39. The van der Waals surface area contributed by atoms with E-state index in [1.807, 2.05) is 6.92 Å². The van der Waals surface area contributed by atoms with Crippen LogP contribution >= 0.6 is 0 Å². The maximum Gasteiger partial charge on any atom is 0.202 e. The van der Waals surface area contributed by atoms with Crippen LogP contribution < -0.4 is 17.1 Å². The first kappa shape index (κ1) is 24.2. The van der Waals surface area contributed by atoms with Gasteiger partial charge in [-0.3, -0.25) is 4.74 Å². The van der Waals surface area contributed by atoms with E-state index < -0.39 is 0 Å². The highest BCUT2D eigenvalue weighted by Gasteiger charge is 2.23. The third kappa shape index (κ3) is 8.44. The molecule has 1 rings (SSSR count). The normalized spacial score (nSPS) is 14.4. The van der Waals surface area contributed by atoms with Crippen molar-refractivity contribution in [2.45, 2.75) is 66.9 Å². The van der Waals surface area contributed by atoms with Crippen molar-refractivity contribution >= 4 is 0 Å². The number of hydrogen-bond acceptors (Lipinski definition) is 2. The van der Waals surface area contributed by atoms with Gasteiger partial charge in [0.25, 0.3) is 0 Å². The lowest BCUT2D eigenvalue weighted by Crippen LogP contribution is -3.00. The molecule has 0 aliphatic carbocycles. The van der Waals surface area contributed by atoms with Gasteiger partial charge >= 0.3 is 0 Å². The fourth-order valence-electron chi connectivity index (χ4n) is 2.66. The number of rotatable bonds is 9. The third-order valence-electron chi connectivity index (χ3n) is 4.24. The predicted octanol–water partition coefficient (Wildman–Crippen LogP) is 1.88. The van der Waals surface area contributed by atoms with Crippen molar-refractivity contribution in [1.82, 2.24) is 0 Å². The Morgan fingerprint density at radius 1 is 0.880 bits per heavy atom. The SMILES string of the molecule is CC(C)Cc1cccc(OC(C)OC(C)[N+](C)(C)C)c1CC(C)C.[Cl-]. The molecule has 0 amide bonds. The van der Waals surface area contributed by atoms with Crippen molar-refractivity contribution in [1.29, 1.82) is 0 Å². The lowest BCUT2D eigenvalue weighted by Gasteiger charge is -2.33. The highest BCUT2D eigenvalue weighted by molar-refractivity contribution is 5.41. The highest BCUT2D eigenvalue weighted by Crippen LogP contribution is 2.28. The van der Waals surface area contributed by atoms with Gasteiger partial charge in [-0.25, -0.2) is 0 Å². The summed E-state index contributed by atoms with van der Waals surface area (Å²) in [5.74, 6) is 2.21. The molecule has 146 valence electrons. The summed E-state index contributed by atoms with van der Waals surface area (Å²) in [4.78, 5) is 0. The second-order valence-electron chi connectivity index (χ2n) is 8.63. The molecule has 0 bridgehead atoms. The second-order valence-corrected chi connectivity index (χ2v) is 8.63. The Balaban J connectivity index is 0.00000576. The molecule has 0 spiro atoms. The first-order chi connectivity index (χ1) is 11.0. The Bertz CT molecular complexity index is 509. The number of ether oxygens (including phenoxy) is 2. The number of nitrogens with zero attached hydrogens (tertiary/aromatic N) is 1. The Hall–Kier alpha value is -0.770. The zero-order valence-electron chi connectivity index (χ0n) is 17.6. The average molecular weight is 372 g/mol. The Kier molecular flexibility index (Phi) is 10.1. The summed E-state index contributed by atoms with van der Waals surface area (Å²) in [6.45, 7) is 13.1. The summed E-state index contributed by atoms with van der Waals surface area (Å²) in [6, 6.07) is 6.43. The molecule has 0 heterocycles. The smallest absolute Gasteiger partial charge is 0.202 e. The van der Waals surface area contributed by atoms with E-state index in [0.29, 0.717) is 11.8 Å². The second kappa shape index (κ2) is 10.4. The van der Waals surface area contributed by atoms with Crippen molar-refractivity contribution in [3.8, 4) is 5.75 Å². The van der Waals surface area contributed by atoms with E-state index >= 15 is 0 Å². The number of halogens is 1. The zero-order valence-corrected chi connectivity index (χ0v) is 18.4. The van der Waals surface area contributed by atoms with E-state index in [2.05, 4.69) is 74.0 Å². The topological polar surface area (TPSA) is 18.5 Å². The van der Waals surface area contributed by atoms with Crippen molar-refractivity contribution in [3.05, 3.63) is 29.3 Å². The summed E-state index contributed by atoms with van der Waals surface area (Å²) < 4.78 is 13.0. The zero-order chi connectivity index (χ0) is 18.5. The van der Waals surface area contributed by atoms with E-state index in [0.717, 1.165) is 23.1 Å². The molecule has 3 nitrogen and oxygen atoms in total. The van der Waals surface area contributed by atoms with Crippen LogP contribution in [-0.4, -0.2) is 38.1 Å². The van der Waals surface area contributed by atoms with Crippen LogP contribution in [-0.2, 0) is 17.6 Å². The van der Waals surface area contributed by atoms with Crippen molar-refractivity contribution in [2.75, 3.05) is 21.1 Å². The minimum atomic E-state index is -0.266.